The Labute approximate surface area is 156 Å². The zero-order valence-electron chi connectivity index (χ0n) is 17.5. The van der Waals surface area contributed by atoms with E-state index >= 15 is 0 Å². The SMILES string of the molecule is Cc1ncc(CC(C)C)cc1N(C(=O)OC(C)(C)C)C(=O)OC(C)(C)C. The zero-order chi connectivity index (χ0) is 20.3. The summed E-state index contributed by atoms with van der Waals surface area (Å²) in [4.78, 5) is 30.8. The van der Waals surface area contributed by atoms with Gasteiger partial charge in [0.15, 0.2) is 0 Å². The van der Waals surface area contributed by atoms with Crippen LogP contribution in [-0.4, -0.2) is 28.4 Å². The first kappa shape index (κ1) is 21.9. The molecule has 0 saturated carbocycles. The van der Waals surface area contributed by atoms with Gasteiger partial charge in [-0.2, -0.15) is 4.90 Å². The van der Waals surface area contributed by atoms with E-state index in [9.17, 15) is 9.59 Å². The Kier molecular flexibility index (Phi) is 6.80. The van der Waals surface area contributed by atoms with Gasteiger partial charge in [0, 0.05) is 6.20 Å². The van der Waals surface area contributed by atoms with Crippen molar-refractivity contribution in [3.8, 4) is 0 Å². The Morgan fingerprint density at radius 2 is 1.50 bits per heavy atom. The van der Waals surface area contributed by atoms with E-state index in [1.807, 2.05) is 0 Å². The molecule has 0 aliphatic heterocycles. The molecule has 0 unspecified atom stereocenters. The average Bonchev–Trinajstić information content (AvgIpc) is 2.37. The van der Waals surface area contributed by atoms with Crippen molar-refractivity contribution >= 4 is 17.9 Å². The van der Waals surface area contributed by atoms with E-state index < -0.39 is 23.4 Å². The van der Waals surface area contributed by atoms with Crippen LogP contribution in [0.4, 0.5) is 15.3 Å². The average molecular weight is 364 g/mol. The number of aromatic nitrogens is 1. The Morgan fingerprint density at radius 3 is 1.88 bits per heavy atom. The van der Waals surface area contributed by atoms with Crippen LogP contribution >= 0.6 is 0 Å². The standard InChI is InChI=1S/C20H32N2O4/c1-13(2)10-15-11-16(14(3)21-12-15)22(17(23)25-19(4,5)6)18(24)26-20(7,8)9/h11-13H,10H2,1-9H3. The summed E-state index contributed by atoms with van der Waals surface area (Å²) in [7, 11) is 0. The lowest BCUT2D eigenvalue weighted by Crippen LogP contribution is -2.44. The summed E-state index contributed by atoms with van der Waals surface area (Å²) in [5.41, 5.74) is 0.390. The molecule has 0 fully saturated rings. The molecule has 6 heteroatoms. The summed E-state index contributed by atoms with van der Waals surface area (Å²) in [6.07, 6.45) is 0.995. The highest BCUT2D eigenvalue weighted by atomic mass is 16.6. The Balaban J connectivity index is 3.35. The van der Waals surface area contributed by atoms with Crippen molar-refractivity contribution < 1.29 is 19.1 Å². The molecule has 0 aromatic carbocycles. The zero-order valence-corrected chi connectivity index (χ0v) is 17.5. The molecule has 0 bridgehead atoms. The predicted octanol–water partition coefficient (Wildman–Crippen LogP) is 5.27. The number of anilines is 1. The Hall–Kier alpha value is -2.11. The smallest absolute Gasteiger partial charge is 0.424 e. The van der Waals surface area contributed by atoms with Crippen LogP contribution in [-0.2, 0) is 15.9 Å². The molecule has 0 saturated heterocycles. The lowest BCUT2D eigenvalue weighted by molar-refractivity contribution is 0.0430. The van der Waals surface area contributed by atoms with Crippen molar-refractivity contribution in [2.24, 2.45) is 5.92 Å². The molecule has 1 aromatic heterocycles. The number of amides is 2. The number of rotatable bonds is 3. The first-order valence-electron chi connectivity index (χ1n) is 8.91. The van der Waals surface area contributed by atoms with Crippen LogP contribution in [0.15, 0.2) is 12.3 Å². The van der Waals surface area contributed by atoms with Crippen molar-refractivity contribution in [2.75, 3.05) is 4.90 Å². The summed E-state index contributed by atoms with van der Waals surface area (Å²) >= 11 is 0. The van der Waals surface area contributed by atoms with Gasteiger partial charge in [0.2, 0.25) is 0 Å². The first-order chi connectivity index (χ1) is 11.7. The number of hydrogen-bond donors (Lipinski definition) is 0. The monoisotopic (exact) mass is 364 g/mol. The van der Waals surface area contributed by atoms with E-state index in [0.29, 0.717) is 17.3 Å². The molecule has 1 rings (SSSR count). The molecule has 0 atom stereocenters. The molecule has 146 valence electrons. The van der Waals surface area contributed by atoms with Crippen LogP contribution < -0.4 is 4.90 Å². The summed E-state index contributed by atoms with van der Waals surface area (Å²) in [6, 6.07) is 1.80. The topological polar surface area (TPSA) is 68.7 Å². The highest BCUT2D eigenvalue weighted by molar-refractivity contribution is 6.10. The normalized spacial score (nSPS) is 12.1. The number of hydrogen-bond acceptors (Lipinski definition) is 5. The summed E-state index contributed by atoms with van der Waals surface area (Å²) in [5.74, 6) is 0.420. The number of imide groups is 1. The van der Waals surface area contributed by atoms with Crippen LogP contribution in [0.2, 0.25) is 0 Å². The van der Waals surface area contributed by atoms with Crippen molar-refractivity contribution in [1.29, 1.82) is 0 Å². The third-order valence-corrected chi connectivity index (χ3v) is 3.15. The highest BCUT2D eigenvalue weighted by Crippen LogP contribution is 2.26. The van der Waals surface area contributed by atoms with Crippen LogP contribution in [0, 0.1) is 12.8 Å². The first-order valence-corrected chi connectivity index (χ1v) is 8.91. The minimum atomic E-state index is -0.779. The van der Waals surface area contributed by atoms with Gasteiger partial charge in [-0.3, -0.25) is 4.98 Å². The van der Waals surface area contributed by atoms with E-state index in [-0.39, 0.29) is 0 Å². The second kappa shape index (κ2) is 8.06. The number of carbonyl (C=O) groups is 2. The minimum Gasteiger partial charge on any atom is -0.443 e. The van der Waals surface area contributed by atoms with Crippen LogP contribution in [0.1, 0.15) is 66.6 Å². The maximum atomic E-state index is 12.7. The fourth-order valence-corrected chi connectivity index (χ4v) is 2.26. The third kappa shape index (κ3) is 7.02. The maximum Gasteiger partial charge on any atom is 0.424 e. The molecule has 1 heterocycles. The lowest BCUT2D eigenvalue weighted by atomic mass is 10.0. The van der Waals surface area contributed by atoms with Gasteiger partial charge in [0.25, 0.3) is 0 Å². The predicted molar refractivity (Wildman–Crippen MR) is 102 cm³/mol. The van der Waals surface area contributed by atoms with Gasteiger partial charge in [-0.25, -0.2) is 9.59 Å². The number of nitrogens with zero attached hydrogens (tertiary/aromatic N) is 2. The maximum absolute atomic E-state index is 12.7. The van der Waals surface area contributed by atoms with Gasteiger partial charge in [-0.15, -0.1) is 0 Å². The molecule has 26 heavy (non-hydrogen) atoms. The van der Waals surface area contributed by atoms with Gasteiger partial charge in [-0.1, -0.05) is 13.8 Å². The van der Waals surface area contributed by atoms with Crippen molar-refractivity contribution in [3.05, 3.63) is 23.5 Å². The molecule has 0 aliphatic carbocycles. The van der Waals surface area contributed by atoms with Gasteiger partial charge in [0.1, 0.15) is 11.2 Å². The molecular weight excluding hydrogens is 332 g/mol. The Morgan fingerprint density at radius 1 is 1.04 bits per heavy atom. The lowest BCUT2D eigenvalue weighted by Gasteiger charge is -2.29. The van der Waals surface area contributed by atoms with Crippen LogP contribution in [0.5, 0.6) is 0 Å². The fraction of sp³-hybridized carbons (Fsp3) is 0.650. The van der Waals surface area contributed by atoms with Crippen molar-refractivity contribution in [3.63, 3.8) is 0 Å². The van der Waals surface area contributed by atoms with Crippen molar-refractivity contribution in [1.82, 2.24) is 4.98 Å². The number of carbonyl (C=O) groups excluding carboxylic acids is 2. The molecular formula is C20H32N2O4. The van der Waals surface area contributed by atoms with Gasteiger partial charge >= 0.3 is 12.2 Å². The number of ether oxygens (including phenoxy) is 2. The van der Waals surface area contributed by atoms with Crippen molar-refractivity contribution in [2.45, 2.75) is 79.9 Å². The summed E-state index contributed by atoms with van der Waals surface area (Å²) in [5, 5.41) is 0. The fourth-order valence-electron chi connectivity index (χ4n) is 2.26. The van der Waals surface area contributed by atoms with E-state index in [2.05, 4.69) is 18.8 Å². The molecule has 1 aromatic rings. The minimum absolute atomic E-state index is 0.381. The second-order valence-electron chi connectivity index (χ2n) is 8.84. The van der Waals surface area contributed by atoms with Gasteiger partial charge in [-0.05, 0) is 72.4 Å². The van der Waals surface area contributed by atoms with E-state index in [1.54, 1.807) is 60.7 Å². The second-order valence-corrected chi connectivity index (χ2v) is 8.84. The molecule has 0 spiro atoms. The van der Waals surface area contributed by atoms with Gasteiger partial charge in [0.05, 0.1) is 11.4 Å². The van der Waals surface area contributed by atoms with Crippen LogP contribution in [0.25, 0.3) is 0 Å². The largest absolute Gasteiger partial charge is 0.443 e. The number of pyridine rings is 1. The summed E-state index contributed by atoms with van der Waals surface area (Å²) in [6.45, 7) is 16.4. The van der Waals surface area contributed by atoms with E-state index in [1.165, 1.54) is 0 Å². The summed E-state index contributed by atoms with van der Waals surface area (Å²) < 4.78 is 10.8. The van der Waals surface area contributed by atoms with E-state index in [0.717, 1.165) is 16.9 Å². The Bertz CT molecular complexity index is 627. The quantitative estimate of drug-likeness (QED) is 0.731. The molecule has 6 nitrogen and oxygen atoms in total. The van der Waals surface area contributed by atoms with E-state index in [4.69, 9.17) is 9.47 Å². The highest BCUT2D eigenvalue weighted by Gasteiger charge is 2.34. The number of aryl methyl sites for hydroxylation is 1. The third-order valence-electron chi connectivity index (χ3n) is 3.15. The molecule has 0 N–H and O–H groups in total. The molecule has 2 amide bonds. The molecule has 0 radical (unpaired) electrons. The molecule has 0 aliphatic rings. The van der Waals surface area contributed by atoms with Gasteiger partial charge < -0.3 is 9.47 Å². The van der Waals surface area contributed by atoms with Crippen LogP contribution in [0.3, 0.4) is 0 Å².